The Morgan fingerprint density at radius 2 is 2.25 bits per heavy atom. The van der Waals surface area contributed by atoms with E-state index in [-0.39, 0.29) is 5.91 Å². The number of unbranched alkanes of at least 4 members (excludes halogenated alkanes) is 1. The molecule has 1 aromatic rings. The lowest BCUT2D eigenvalue weighted by Gasteiger charge is -2.20. The van der Waals surface area contributed by atoms with Gasteiger partial charge in [-0.1, -0.05) is 26.2 Å². The van der Waals surface area contributed by atoms with Gasteiger partial charge in [0.05, 0.1) is 17.5 Å². The van der Waals surface area contributed by atoms with Crippen LogP contribution in [0.25, 0.3) is 0 Å². The number of aromatic nitrogens is 2. The Kier molecular flexibility index (Phi) is 4.08. The van der Waals surface area contributed by atoms with Gasteiger partial charge in [0, 0.05) is 12.0 Å². The fraction of sp³-hybridized carbons (Fsp3) is 0.750. The third kappa shape index (κ3) is 2.89. The summed E-state index contributed by atoms with van der Waals surface area (Å²) >= 11 is 0. The van der Waals surface area contributed by atoms with Crippen LogP contribution in [0.2, 0.25) is 0 Å². The number of rotatable bonds is 6. The lowest BCUT2D eigenvalue weighted by atomic mass is 9.96. The molecule has 0 saturated heterocycles. The second kappa shape index (κ2) is 5.98. The second-order valence-corrected chi connectivity index (χ2v) is 6.38. The van der Waals surface area contributed by atoms with Crippen molar-refractivity contribution in [3.05, 3.63) is 17.5 Å². The highest BCUT2D eigenvalue weighted by molar-refractivity contribution is 5.95. The molecule has 0 aromatic carbocycles. The molecule has 3 rings (SSSR count). The number of hydrogen-bond donors (Lipinski definition) is 2. The summed E-state index contributed by atoms with van der Waals surface area (Å²) in [5.41, 5.74) is 1.82. The smallest absolute Gasteiger partial charge is 0.254 e. The number of H-pyrrole nitrogens is 1. The first-order chi connectivity index (χ1) is 9.79. The van der Waals surface area contributed by atoms with Crippen molar-refractivity contribution in [2.45, 2.75) is 70.3 Å². The first-order valence-electron chi connectivity index (χ1n) is 8.13. The van der Waals surface area contributed by atoms with Gasteiger partial charge < -0.3 is 5.32 Å². The van der Waals surface area contributed by atoms with Crippen molar-refractivity contribution in [3.8, 4) is 0 Å². The molecule has 2 aliphatic rings. The van der Waals surface area contributed by atoms with Crippen molar-refractivity contribution >= 4 is 5.91 Å². The van der Waals surface area contributed by atoms with Gasteiger partial charge in [-0.15, -0.1) is 0 Å². The quantitative estimate of drug-likeness (QED) is 0.836. The van der Waals surface area contributed by atoms with Crippen LogP contribution in [0.1, 0.15) is 80.3 Å². The SMILES string of the molecule is CCCCC1CCCC1NC(=O)c1cn[nH]c1C1CC1. The minimum atomic E-state index is 0.0778. The predicted molar refractivity (Wildman–Crippen MR) is 78.7 cm³/mol. The summed E-state index contributed by atoms with van der Waals surface area (Å²) in [5, 5.41) is 10.3. The summed E-state index contributed by atoms with van der Waals surface area (Å²) in [5.74, 6) is 1.29. The highest BCUT2D eigenvalue weighted by atomic mass is 16.1. The summed E-state index contributed by atoms with van der Waals surface area (Å²) in [7, 11) is 0. The van der Waals surface area contributed by atoms with E-state index in [1.165, 1.54) is 44.9 Å². The van der Waals surface area contributed by atoms with E-state index in [1.54, 1.807) is 6.20 Å². The molecule has 2 aliphatic carbocycles. The van der Waals surface area contributed by atoms with E-state index in [9.17, 15) is 4.79 Å². The lowest BCUT2D eigenvalue weighted by Crippen LogP contribution is -2.37. The molecule has 1 aromatic heterocycles. The van der Waals surface area contributed by atoms with Crippen LogP contribution in [-0.4, -0.2) is 22.1 Å². The Bertz CT molecular complexity index is 464. The van der Waals surface area contributed by atoms with Gasteiger partial charge in [-0.3, -0.25) is 9.89 Å². The van der Waals surface area contributed by atoms with Gasteiger partial charge in [-0.2, -0.15) is 5.10 Å². The molecule has 110 valence electrons. The maximum absolute atomic E-state index is 12.5. The van der Waals surface area contributed by atoms with Crippen LogP contribution < -0.4 is 5.32 Å². The van der Waals surface area contributed by atoms with E-state index >= 15 is 0 Å². The monoisotopic (exact) mass is 275 g/mol. The Hall–Kier alpha value is -1.32. The average Bonchev–Trinajstić information content (AvgIpc) is 3.01. The number of aromatic amines is 1. The fourth-order valence-electron chi connectivity index (χ4n) is 3.45. The summed E-state index contributed by atoms with van der Waals surface area (Å²) < 4.78 is 0. The molecule has 4 nitrogen and oxygen atoms in total. The molecule has 0 radical (unpaired) electrons. The first-order valence-corrected chi connectivity index (χ1v) is 8.13. The van der Waals surface area contributed by atoms with Gasteiger partial charge in [-0.05, 0) is 38.0 Å². The molecule has 0 spiro atoms. The maximum atomic E-state index is 12.5. The molecule has 0 aliphatic heterocycles. The second-order valence-electron chi connectivity index (χ2n) is 6.38. The third-order valence-corrected chi connectivity index (χ3v) is 4.80. The zero-order chi connectivity index (χ0) is 13.9. The summed E-state index contributed by atoms with van der Waals surface area (Å²) in [6.07, 6.45) is 11.5. The molecule has 2 saturated carbocycles. The standard InChI is InChI=1S/C16H25N3O/c1-2-3-5-11-6-4-7-14(11)18-16(20)13-10-17-19-15(13)12-8-9-12/h10-12,14H,2-9H2,1H3,(H,17,19)(H,18,20). The summed E-state index contributed by atoms with van der Waals surface area (Å²) in [6, 6.07) is 0.371. The van der Waals surface area contributed by atoms with Gasteiger partial charge in [0.2, 0.25) is 0 Å². The number of nitrogens with one attached hydrogen (secondary N) is 2. The number of hydrogen-bond acceptors (Lipinski definition) is 2. The van der Waals surface area contributed by atoms with Crippen LogP contribution in [0.4, 0.5) is 0 Å². The van der Waals surface area contributed by atoms with Crippen LogP contribution in [0.3, 0.4) is 0 Å². The van der Waals surface area contributed by atoms with Crippen molar-refractivity contribution in [2.24, 2.45) is 5.92 Å². The molecule has 0 bridgehead atoms. The molecule has 1 amide bonds. The van der Waals surface area contributed by atoms with Gasteiger partial charge in [-0.25, -0.2) is 0 Å². The Balaban J connectivity index is 1.61. The van der Waals surface area contributed by atoms with E-state index < -0.39 is 0 Å². The Morgan fingerprint density at radius 3 is 3.00 bits per heavy atom. The van der Waals surface area contributed by atoms with Crippen LogP contribution in [0.15, 0.2) is 6.20 Å². The number of amides is 1. The zero-order valence-corrected chi connectivity index (χ0v) is 12.3. The van der Waals surface area contributed by atoms with Crippen molar-refractivity contribution < 1.29 is 4.79 Å². The normalized spacial score (nSPS) is 25.9. The largest absolute Gasteiger partial charge is 0.349 e. The highest BCUT2D eigenvalue weighted by Crippen LogP contribution is 2.40. The van der Waals surface area contributed by atoms with E-state index in [1.807, 2.05) is 0 Å². The first kappa shape index (κ1) is 13.7. The van der Waals surface area contributed by atoms with E-state index in [4.69, 9.17) is 0 Å². The van der Waals surface area contributed by atoms with Crippen molar-refractivity contribution in [1.29, 1.82) is 0 Å². The molecule has 1 heterocycles. The molecule has 2 N–H and O–H groups in total. The fourth-order valence-corrected chi connectivity index (χ4v) is 3.45. The third-order valence-electron chi connectivity index (χ3n) is 4.80. The van der Waals surface area contributed by atoms with Crippen molar-refractivity contribution in [3.63, 3.8) is 0 Å². The number of carbonyl (C=O) groups excluding carboxylic acids is 1. The van der Waals surface area contributed by atoms with E-state index in [0.717, 1.165) is 17.7 Å². The van der Waals surface area contributed by atoms with Crippen LogP contribution in [0, 0.1) is 5.92 Å². The minimum Gasteiger partial charge on any atom is -0.349 e. The summed E-state index contributed by atoms with van der Waals surface area (Å²) in [4.78, 5) is 12.5. The topological polar surface area (TPSA) is 57.8 Å². The molecular weight excluding hydrogens is 250 g/mol. The Labute approximate surface area is 120 Å². The van der Waals surface area contributed by atoms with Crippen molar-refractivity contribution in [2.75, 3.05) is 0 Å². The number of nitrogens with zero attached hydrogens (tertiary/aromatic N) is 1. The van der Waals surface area contributed by atoms with Gasteiger partial charge in [0.1, 0.15) is 0 Å². The van der Waals surface area contributed by atoms with Crippen LogP contribution in [-0.2, 0) is 0 Å². The summed E-state index contributed by atoms with van der Waals surface area (Å²) in [6.45, 7) is 2.23. The highest BCUT2D eigenvalue weighted by Gasteiger charge is 2.32. The van der Waals surface area contributed by atoms with Crippen molar-refractivity contribution in [1.82, 2.24) is 15.5 Å². The van der Waals surface area contributed by atoms with Crippen LogP contribution >= 0.6 is 0 Å². The molecule has 2 unspecified atom stereocenters. The predicted octanol–water partition coefficient (Wildman–Crippen LogP) is 3.38. The maximum Gasteiger partial charge on any atom is 0.254 e. The lowest BCUT2D eigenvalue weighted by molar-refractivity contribution is 0.0925. The molecule has 4 heteroatoms. The van der Waals surface area contributed by atoms with Gasteiger partial charge >= 0.3 is 0 Å². The molecule has 2 fully saturated rings. The average molecular weight is 275 g/mol. The van der Waals surface area contributed by atoms with Crippen LogP contribution in [0.5, 0.6) is 0 Å². The molecule has 2 atom stereocenters. The van der Waals surface area contributed by atoms with E-state index in [2.05, 4.69) is 22.4 Å². The molecule has 20 heavy (non-hydrogen) atoms. The van der Waals surface area contributed by atoms with E-state index in [0.29, 0.717) is 17.9 Å². The zero-order valence-electron chi connectivity index (χ0n) is 12.3. The number of carbonyl (C=O) groups is 1. The van der Waals surface area contributed by atoms with Gasteiger partial charge in [0.15, 0.2) is 0 Å². The Morgan fingerprint density at radius 1 is 1.40 bits per heavy atom. The molecular formula is C16H25N3O. The van der Waals surface area contributed by atoms with Gasteiger partial charge in [0.25, 0.3) is 5.91 Å². The minimum absolute atomic E-state index is 0.0778.